The highest BCUT2D eigenvalue weighted by Crippen LogP contribution is 2.36. The summed E-state index contributed by atoms with van der Waals surface area (Å²) in [4.78, 5) is 38.2. The van der Waals surface area contributed by atoms with Crippen molar-refractivity contribution in [2.75, 3.05) is 31.5 Å². The number of likely N-dealkylation sites (tertiary alicyclic amines) is 1. The van der Waals surface area contributed by atoms with Crippen LogP contribution in [0.3, 0.4) is 0 Å². The molecule has 3 aromatic rings. The topological polar surface area (TPSA) is 101 Å². The van der Waals surface area contributed by atoms with E-state index >= 15 is 0 Å². The number of hydrogen-bond donors (Lipinski definition) is 3. The van der Waals surface area contributed by atoms with Crippen LogP contribution < -0.4 is 10.9 Å². The quantitative estimate of drug-likeness (QED) is 0.392. The summed E-state index contributed by atoms with van der Waals surface area (Å²) in [5, 5.41) is 14.2. The number of aromatic nitrogens is 1. The summed E-state index contributed by atoms with van der Waals surface area (Å²) in [6.07, 6.45) is 4.89. The number of nitrogens with zero attached hydrogens (tertiary/aromatic N) is 3. The molecule has 0 unspecified atom stereocenters. The van der Waals surface area contributed by atoms with Crippen molar-refractivity contribution in [3.8, 4) is 0 Å². The number of carbonyl (C=O) groups excluding carboxylic acids is 1. The van der Waals surface area contributed by atoms with Crippen molar-refractivity contribution in [3.05, 3.63) is 92.9 Å². The Morgan fingerprint density at radius 2 is 1.85 bits per heavy atom. The monoisotopic (exact) mass is 525 g/mol. The molecular weight excluding hydrogens is 490 g/mol. The van der Waals surface area contributed by atoms with Gasteiger partial charge >= 0.3 is 0 Å². The molecule has 0 radical (unpaired) electrons. The van der Waals surface area contributed by atoms with Gasteiger partial charge in [-0.3, -0.25) is 14.6 Å². The van der Waals surface area contributed by atoms with Crippen LogP contribution in [-0.4, -0.2) is 63.7 Å². The molecule has 3 N–H and O–H groups in total. The van der Waals surface area contributed by atoms with E-state index in [2.05, 4.69) is 15.2 Å². The predicted octanol–water partition coefficient (Wildman–Crippen LogP) is 4.03. The minimum Gasteiger partial charge on any atom is -0.386 e. The van der Waals surface area contributed by atoms with Gasteiger partial charge in [-0.1, -0.05) is 30.3 Å². The van der Waals surface area contributed by atoms with Crippen LogP contribution in [0.15, 0.2) is 64.5 Å². The smallest absolute Gasteiger partial charge is 0.259 e. The Balaban J connectivity index is 1.18. The van der Waals surface area contributed by atoms with Gasteiger partial charge in [0.25, 0.3) is 11.5 Å². The number of amides is 1. The first-order valence-electron chi connectivity index (χ1n) is 13.9. The molecule has 0 spiro atoms. The molecule has 8 heteroatoms. The van der Waals surface area contributed by atoms with Crippen LogP contribution in [0.1, 0.15) is 64.9 Å². The molecule has 1 amide bonds. The minimum atomic E-state index is -0.742. The van der Waals surface area contributed by atoms with Crippen molar-refractivity contribution in [1.82, 2.24) is 14.8 Å². The van der Waals surface area contributed by atoms with E-state index in [4.69, 9.17) is 4.99 Å². The summed E-state index contributed by atoms with van der Waals surface area (Å²) in [7, 11) is 0. The first-order chi connectivity index (χ1) is 19.0. The highest BCUT2D eigenvalue weighted by atomic mass is 16.3. The summed E-state index contributed by atoms with van der Waals surface area (Å²) in [5.74, 6) is 0.0892. The van der Waals surface area contributed by atoms with Gasteiger partial charge in [-0.2, -0.15) is 0 Å². The zero-order valence-electron chi connectivity index (χ0n) is 22.3. The van der Waals surface area contributed by atoms with Crippen molar-refractivity contribution in [2.45, 2.75) is 51.3 Å². The van der Waals surface area contributed by atoms with Gasteiger partial charge in [-0.25, -0.2) is 0 Å². The first-order valence-corrected chi connectivity index (χ1v) is 13.9. The molecule has 8 nitrogen and oxygen atoms in total. The molecule has 4 heterocycles. The number of pyridine rings is 1. The normalized spacial score (nSPS) is 18.2. The van der Waals surface area contributed by atoms with E-state index in [9.17, 15) is 14.7 Å². The number of aromatic amines is 1. The molecule has 6 rings (SSSR count). The fraction of sp³-hybridized carbons (Fsp3) is 0.387. The molecule has 1 fully saturated rings. The number of nitrogens with one attached hydrogen (secondary N) is 2. The molecule has 1 aromatic heterocycles. The van der Waals surface area contributed by atoms with E-state index in [1.807, 2.05) is 54.3 Å². The molecule has 1 saturated heterocycles. The number of aliphatic hydroxyl groups is 1. The van der Waals surface area contributed by atoms with E-state index in [0.717, 1.165) is 47.5 Å². The summed E-state index contributed by atoms with van der Waals surface area (Å²) in [6.45, 7) is 6.67. The van der Waals surface area contributed by atoms with Gasteiger partial charge < -0.3 is 25.2 Å². The zero-order chi connectivity index (χ0) is 26.9. The van der Waals surface area contributed by atoms with Gasteiger partial charge in [-0.05, 0) is 80.7 Å². The number of aliphatic imine (C=N–C) groups is 1. The fourth-order valence-electron chi connectivity index (χ4n) is 6.03. The number of hydrogen-bond acceptors (Lipinski definition) is 6. The molecule has 3 aliphatic heterocycles. The average Bonchev–Trinajstić information content (AvgIpc) is 3.67. The van der Waals surface area contributed by atoms with E-state index in [1.54, 1.807) is 12.3 Å². The lowest BCUT2D eigenvalue weighted by atomic mass is 9.99. The average molecular weight is 526 g/mol. The second-order valence-corrected chi connectivity index (χ2v) is 10.9. The standard InChI is InChI=1S/C31H35N5O3/c1-20(29(37)21-8-3-2-4-9-21)33-25-10-11-32-30(38)28(25)27-17-22-16-24-23(18-26(22)34-27)19-36(31(24)39)15-7-14-35-12-5-6-13-35/h2-4,8-11,16,18,20,29,37H,5-7,12-15,17,19H2,1H3,(H2,32,33,38)/t20-,29-/m0/s1. The lowest BCUT2D eigenvalue weighted by Gasteiger charge is -2.23. The van der Waals surface area contributed by atoms with Gasteiger partial charge in [-0.15, -0.1) is 0 Å². The Morgan fingerprint density at radius 3 is 2.64 bits per heavy atom. The van der Waals surface area contributed by atoms with Crippen molar-refractivity contribution in [1.29, 1.82) is 0 Å². The highest BCUT2D eigenvalue weighted by molar-refractivity contribution is 6.10. The minimum absolute atomic E-state index is 0.0892. The number of H-pyrrole nitrogens is 1. The number of benzene rings is 2. The van der Waals surface area contributed by atoms with Gasteiger partial charge in [0, 0.05) is 31.3 Å². The lowest BCUT2D eigenvalue weighted by Crippen LogP contribution is -2.29. The molecule has 2 atom stereocenters. The second kappa shape index (κ2) is 10.8. The van der Waals surface area contributed by atoms with Crippen LogP contribution in [0.4, 0.5) is 11.4 Å². The molecule has 2 aromatic carbocycles. The Labute approximate surface area is 228 Å². The number of rotatable bonds is 9. The summed E-state index contributed by atoms with van der Waals surface area (Å²) in [6, 6.07) is 14.9. The van der Waals surface area contributed by atoms with E-state index in [1.165, 1.54) is 25.9 Å². The van der Waals surface area contributed by atoms with Crippen molar-refractivity contribution < 1.29 is 9.90 Å². The Kier molecular flexibility index (Phi) is 7.06. The number of aliphatic hydroxyl groups excluding tert-OH is 1. The van der Waals surface area contributed by atoms with Crippen LogP contribution in [0.2, 0.25) is 0 Å². The largest absolute Gasteiger partial charge is 0.386 e. The number of carbonyl (C=O) groups is 1. The molecular formula is C31H35N5O3. The van der Waals surface area contributed by atoms with Gasteiger partial charge in [0.15, 0.2) is 0 Å². The van der Waals surface area contributed by atoms with E-state index in [0.29, 0.717) is 29.9 Å². The highest BCUT2D eigenvalue weighted by Gasteiger charge is 2.31. The Bertz CT molecular complexity index is 1460. The van der Waals surface area contributed by atoms with Crippen molar-refractivity contribution in [2.24, 2.45) is 4.99 Å². The summed E-state index contributed by atoms with van der Waals surface area (Å²) >= 11 is 0. The van der Waals surface area contributed by atoms with Crippen LogP contribution in [0.5, 0.6) is 0 Å². The maximum atomic E-state index is 13.2. The maximum absolute atomic E-state index is 13.2. The molecule has 0 bridgehead atoms. The van der Waals surface area contributed by atoms with Crippen LogP contribution in [-0.2, 0) is 13.0 Å². The van der Waals surface area contributed by atoms with E-state index in [-0.39, 0.29) is 17.5 Å². The number of anilines is 1. The Morgan fingerprint density at radius 1 is 1.05 bits per heavy atom. The van der Waals surface area contributed by atoms with Crippen molar-refractivity contribution in [3.63, 3.8) is 0 Å². The van der Waals surface area contributed by atoms with Crippen LogP contribution in [0.25, 0.3) is 0 Å². The van der Waals surface area contributed by atoms with Gasteiger partial charge in [0.05, 0.1) is 34.8 Å². The fourth-order valence-corrected chi connectivity index (χ4v) is 6.03. The zero-order valence-corrected chi connectivity index (χ0v) is 22.3. The summed E-state index contributed by atoms with van der Waals surface area (Å²) in [5.41, 5.74) is 5.87. The predicted molar refractivity (Wildman–Crippen MR) is 153 cm³/mol. The van der Waals surface area contributed by atoms with Crippen molar-refractivity contribution >= 4 is 23.0 Å². The van der Waals surface area contributed by atoms with Crippen LogP contribution in [0, 0.1) is 0 Å². The van der Waals surface area contributed by atoms with Gasteiger partial charge in [0.1, 0.15) is 0 Å². The molecule has 39 heavy (non-hydrogen) atoms. The molecule has 202 valence electrons. The van der Waals surface area contributed by atoms with Crippen LogP contribution >= 0.6 is 0 Å². The molecule has 0 saturated carbocycles. The third-order valence-electron chi connectivity index (χ3n) is 8.14. The lowest BCUT2D eigenvalue weighted by molar-refractivity contribution is 0.0772. The summed E-state index contributed by atoms with van der Waals surface area (Å²) < 4.78 is 0. The first kappa shape index (κ1) is 25.5. The Hall–Kier alpha value is -3.75. The second-order valence-electron chi connectivity index (χ2n) is 10.9. The molecule has 3 aliphatic rings. The SMILES string of the molecule is C[C@H](Nc1cc[nH]c(=O)c1C1=Nc2cc3c(cc2C1)C(=O)N(CCCN1CCCC1)C3)[C@H](O)c1ccccc1. The maximum Gasteiger partial charge on any atom is 0.259 e. The van der Waals surface area contributed by atoms with Gasteiger partial charge in [0.2, 0.25) is 0 Å². The third kappa shape index (κ3) is 5.14. The molecule has 0 aliphatic carbocycles. The third-order valence-corrected chi connectivity index (χ3v) is 8.14. The van der Waals surface area contributed by atoms with E-state index < -0.39 is 6.10 Å². The number of fused-ring (bicyclic) bond motifs is 2.